The Kier molecular flexibility index (Phi) is 4.06. The lowest BCUT2D eigenvalue weighted by Gasteiger charge is -2.29. The third-order valence-corrected chi connectivity index (χ3v) is 5.46. The van der Waals surface area contributed by atoms with E-state index in [4.69, 9.17) is 11.6 Å². The zero-order valence-corrected chi connectivity index (χ0v) is 13.6. The molecule has 2 unspecified atom stereocenters. The maximum Gasteiger partial charge on any atom is 0.0494 e. The van der Waals surface area contributed by atoms with Crippen LogP contribution in [0.2, 0.25) is 0 Å². The van der Waals surface area contributed by atoms with Crippen molar-refractivity contribution in [3.8, 4) is 0 Å². The fourth-order valence-corrected chi connectivity index (χ4v) is 4.05. The first kappa shape index (κ1) is 13.7. The average Bonchev–Trinajstić information content (AvgIpc) is 2.63. The van der Waals surface area contributed by atoms with Gasteiger partial charge in [0.15, 0.2) is 0 Å². The second-order valence-corrected chi connectivity index (χ2v) is 6.87. The maximum atomic E-state index is 6.10. The quantitative estimate of drug-likeness (QED) is 0.752. The SMILES string of the molecule is CN1C2CCC1CN(c1cc(Br)ccc1CCl)CC2. The Hall–Kier alpha value is -0.250. The van der Waals surface area contributed by atoms with E-state index in [0.29, 0.717) is 11.9 Å². The second kappa shape index (κ2) is 5.63. The van der Waals surface area contributed by atoms with Crippen LogP contribution in [0.5, 0.6) is 0 Å². The molecule has 0 aromatic heterocycles. The standard InChI is InChI=1S/C15H20BrClN2/c1-18-13-4-5-14(18)10-19(7-6-13)15-8-12(16)3-2-11(15)9-17/h2-3,8,13-14H,4-7,9-10H2,1H3. The van der Waals surface area contributed by atoms with Gasteiger partial charge in [-0.2, -0.15) is 0 Å². The highest BCUT2D eigenvalue weighted by Crippen LogP contribution is 2.33. The van der Waals surface area contributed by atoms with Gasteiger partial charge in [-0.25, -0.2) is 0 Å². The highest BCUT2D eigenvalue weighted by atomic mass is 79.9. The van der Waals surface area contributed by atoms with Crippen LogP contribution < -0.4 is 4.90 Å². The third kappa shape index (κ3) is 2.65. The van der Waals surface area contributed by atoms with Crippen molar-refractivity contribution in [3.63, 3.8) is 0 Å². The molecule has 1 aromatic rings. The van der Waals surface area contributed by atoms with Gasteiger partial charge in [0.2, 0.25) is 0 Å². The van der Waals surface area contributed by atoms with E-state index in [0.717, 1.165) is 23.6 Å². The summed E-state index contributed by atoms with van der Waals surface area (Å²) in [4.78, 5) is 5.11. The lowest BCUT2D eigenvalue weighted by atomic mass is 10.1. The number of alkyl halides is 1. The number of rotatable bonds is 2. The fraction of sp³-hybridized carbons (Fsp3) is 0.600. The van der Waals surface area contributed by atoms with Gasteiger partial charge in [-0.05, 0) is 44.0 Å². The highest BCUT2D eigenvalue weighted by Gasteiger charge is 2.35. The summed E-state index contributed by atoms with van der Waals surface area (Å²) in [6.07, 6.45) is 3.97. The summed E-state index contributed by atoms with van der Waals surface area (Å²) < 4.78 is 1.14. The summed E-state index contributed by atoms with van der Waals surface area (Å²) in [6.45, 7) is 2.28. The second-order valence-electron chi connectivity index (χ2n) is 5.69. The summed E-state index contributed by atoms with van der Waals surface area (Å²) in [7, 11) is 2.29. The summed E-state index contributed by atoms with van der Waals surface area (Å²) in [5.41, 5.74) is 2.55. The Labute approximate surface area is 128 Å². The largest absolute Gasteiger partial charge is 0.370 e. The molecule has 0 aliphatic carbocycles. The molecule has 0 radical (unpaired) electrons. The number of halogens is 2. The zero-order valence-electron chi connectivity index (χ0n) is 11.3. The normalized spacial score (nSPS) is 27.6. The molecule has 2 nitrogen and oxygen atoms in total. The number of fused-ring (bicyclic) bond motifs is 2. The molecule has 0 saturated carbocycles. The number of benzene rings is 1. The van der Waals surface area contributed by atoms with Gasteiger partial charge in [0, 0.05) is 41.2 Å². The molecule has 2 saturated heterocycles. The van der Waals surface area contributed by atoms with Crippen molar-refractivity contribution in [2.24, 2.45) is 0 Å². The van der Waals surface area contributed by atoms with Crippen LogP contribution in [-0.2, 0) is 5.88 Å². The summed E-state index contributed by atoms with van der Waals surface area (Å²) in [6, 6.07) is 7.92. The molecular weight excluding hydrogens is 324 g/mol. The van der Waals surface area contributed by atoms with Crippen LogP contribution in [0.3, 0.4) is 0 Å². The molecule has 4 heteroatoms. The first-order valence-corrected chi connectivity index (χ1v) is 8.33. The van der Waals surface area contributed by atoms with Gasteiger partial charge in [0.25, 0.3) is 0 Å². The molecule has 2 atom stereocenters. The van der Waals surface area contributed by atoms with Gasteiger partial charge < -0.3 is 4.90 Å². The average molecular weight is 344 g/mol. The van der Waals surface area contributed by atoms with E-state index in [9.17, 15) is 0 Å². The third-order valence-electron chi connectivity index (χ3n) is 4.68. The first-order valence-electron chi connectivity index (χ1n) is 7.00. The minimum Gasteiger partial charge on any atom is -0.370 e. The fourth-order valence-electron chi connectivity index (χ4n) is 3.47. The van der Waals surface area contributed by atoms with Crippen molar-refractivity contribution in [3.05, 3.63) is 28.2 Å². The Morgan fingerprint density at radius 3 is 2.84 bits per heavy atom. The lowest BCUT2D eigenvalue weighted by Crippen LogP contribution is -2.36. The van der Waals surface area contributed by atoms with Crippen molar-refractivity contribution in [2.75, 3.05) is 25.0 Å². The van der Waals surface area contributed by atoms with Gasteiger partial charge in [0.1, 0.15) is 0 Å². The molecule has 2 aliphatic heterocycles. The van der Waals surface area contributed by atoms with E-state index in [1.165, 1.54) is 30.5 Å². The molecule has 2 heterocycles. The van der Waals surface area contributed by atoms with Crippen LogP contribution in [0.1, 0.15) is 24.8 Å². The molecule has 19 heavy (non-hydrogen) atoms. The molecule has 0 amide bonds. The molecule has 3 rings (SSSR count). The Morgan fingerprint density at radius 2 is 2.05 bits per heavy atom. The number of anilines is 1. The molecule has 2 bridgehead atoms. The van der Waals surface area contributed by atoms with Crippen molar-refractivity contribution in [2.45, 2.75) is 37.2 Å². The molecule has 2 fully saturated rings. The Balaban J connectivity index is 1.88. The van der Waals surface area contributed by atoms with Crippen LogP contribution >= 0.6 is 27.5 Å². The van der Waals surface area contributed by atoms with E-state index in [-0.39, 0.29) is 0 Å². The smallest absolute Gasteiger partial charge is 0.0494 e. The van der Waals surface area contributed by atoms with Crippen LogP contribution in [-0.4, -0.2) is 37.1 Å². The number of likely N-dealkylation sites (N-methyl/N-ethyl adjacent to an activating group) is 1. The number of nitrogens with zero attached hydrogens (tertiary/aromatic N) is 2. The van der Waals surface area contributed by atoms with Gasteiger partial charge in [-0.1, -0.05) is 22.0 Å². The zero-order chi connectivity index (χ0) is 13.4. The summed E-state index contributed by atoms with van der Waals surface area (Å²) in [5, 5.41) is 0. The molecule has 0 N–H and O–H groups in total. The number of hydrogen-bond acceptors (Lipinski definition) is 2. The van der Waals surface area contributed by atoms with E-state index in [1.807, 2.05) is 0 Å². The van der Waals surface area contributed by atoms with Crippen molar-refractivity contribution < 1.29 is 0 Å². The van der Waals surface area contributed by atoms with Crippen molar-refractivity contribution in [1.29, 1.82) is 0 Å². The van der Waals surface area contributed by atoms with Crippen LogP contribution in [0.25, 0.3) is 0 Å². The molecule has 2 aliphatic rings. The monoisotopic (exact) mass is 342 g/mol. The lowest BCUT2D eigenvalue weighted by molar-refractivity contribution is 0.254. The molecule has 0 spiro atoms. The predicted molar refractivity (Wildman–Crippen MR) is 85.1 cm³/mol. The van der Waals surface area contributed by atoms with Crippen LogP contribution in [0.4, 0.5) is 5.69 Å². The first-order chi connectivity index (χ1) is 9.19. The van der Waals surface area contributed by atoms with Gasteiger partial charge in [0.05, 0.1) is 0 Å². The van der Waals surface area contributed by atoms with Gasteiger partial charge in [-0.3, -0.25) is 4.90 Å². The van der Waals surface area contributed by atoms with Crippen LogP contribution in [0, 0.1) is 0 Å². The summed E-state index contributed by atoms with van der Waals surface area (Å²) >= 11 is 9.68. The van der Waals surface area contributed by atoms with Crippen molar-refractivity contribution in [1.82, 2.24) is 4.90 Å². The Morgan fingerprint density at radius 1 is 1.26 bits per heavy atom. The molecular formula is C15H20BrClN2. The minimum absolute atomic E-state index is 0.586. The van der Waals surface area contributed by atoms with E-state index in [2.05, 4.69) is 51.0 Å². The highest BCUT2D eigenvalue weighted by molar-refractivity contribution is 9.10. The van der Waals surface area contributed by atoms with E-state index < -0.39 is 0 Å². The van der Waals surface area contributed by atoms with Crippen LogP contribution in [0.15, 0.2) is 22.7 Å². The Bertz CT molecular complexity index is 465. The van der Waals surface area contributed by atoms with Gasteiger partial charge in [-0.15, -0.1) is 11.6 Å². The van der Waals surface area contributed by atoms with E-state index in [1.54, 1.807) is 0 Å². The summed E-state index contributed by atoms with van der Waals surface area (Å²) in [5.74, 6) is 0.586. The molecule has 1 aromatic carbocycles. The molecule has 104 valence electrons. The minimum atomic E-state index is 0.586. The maximum absolute atomic E-state index is 6.10. The van der Waals surface area contributed by atoms with Crippen molar-refractivity contribution >= 4 is 33.2 Å². The number of hydrogen-bond donors (Lipinski definition) is 0. The predicted octanol–water partition coefficient (Wildman–Crippen LogP) is 3.86. The topological polar surface area (TPSA) is 6.48 Å². The van der Waals surface area contributed by atoms with E-state index >= 15 is 0 Å². The van der Waals surface area contributed by atoms with Gasteiger partial charge >= 0.3 is 0 Å².